The summed E-state index contributed by atoms with van der Waals surface area (Å²) in [6.07, 6.45) is 0. The molecule has 0 atom stereocenters. The number of amides is 1. The fourth-order valence-corrected chi connectivity index (χ4v) is 1.75. The Morgan fingerprint density at radius 1 is 1.00 bits per heavy atom. The minimum Gasteiger partial charge on any atom is -0.483 e. The molecule has 0 heterocycles. The highest BCUT2D eigenvalue weighted by Crippen LogP contribution is 2.15. The Kier molecular flexibility index (Phi) is 4.60. The number of hydrazine groups is 1. The summed E-state index contributed by atoms with van der Waals surface area (Å²) >= 11 is 0. The molecule has 1 amide bonds. The molecule has 20 heavy (non-hydrogen) atoms. The van der Waals surface area contributed by atoms with Crippen LogP contribution in [-0.2, 0) is 4.79 Å². The third kappa shape index (κ3) is 3.75. The van der Waals surface area contributed by atoms with Crippen LogP contribution in [0, 0.1) is 13.8 Å². The summed E-state index contributed by atoms with van der Waals surface area (Å²) in [5.74, 6) is 0.495. The summed E-state index contributed by atoms with van der Waals surface area (Å²) in [5.41, 5.74) is 8.44. The Balaban J connectivity index is 1.82. The Labute approximate surface area is 118 Å². The smallest absolute Gasteiger partial charge is 0.276 e. The van der Waals surface area contributed by atoms with Gasteiger partial charge in [-0.2, -0.15) is 0 Å². The molecule has 2 aromatic carbocycles. The van der Waals surface area contributed by atoms with Crippen LogP contribution in [0.15, 0.2) is 48.5 Å². The van der Waals surface area contributed by atoms with Crippen molar-refractivity contribution in [3.05, 3.63) is 59.7 Å². The number of aryl methyl sites for hydroxylation is 2. The molecule has 0 aliphatic heterocycles. The molecule has 0 saturated carbocycles. The van der Waals surface area contributed by atoms with Gasteiger partial charge in [0.2, 0.25) is 0 Å². The average molecular weight is 270 g/mol. The lowest BCUT2D eigenvalue weighted by molar-refractivity contribution is -0.122. The Hall–Kier alpha value is -2.49. The molecule has 0 saturated heterocycles. The minimum absolute atomic E-state index is 0.0241. The molecule has 0 aromatic heterocycles. The number of anilines is 1. The summed E-state index contributed by atoms with van der Waals surface area (Å²) in [5, 5.41) is 0. The lowest BCUT2D eigenvalue weighted by Crippen LogP contribution is -2.33. The van der Waals surface area contributed by atoms with Gasteiger partial charge < -0.3 is 4.74 Å². The predicted molar refractivity (Wildman–Crippen MR) is 79.6 cm³/mol. The summed E-state index contributed by atoms with van der Waals surface area (Å²) in [7, 11) is 0. The van der Waals surface area contributed by atoms with Crippen molar-refractivity contribution < 1.29 is 9.53 Å². The molecule has 2 rings (SSSR count). The summed E-state index contributed by atoms with van der Waals surface area (Å²) < 4.78 is 5.47. The van der Waals surface area contributed by atoms with Gasteiger partial charge in [0.05, 0.1) is 5.69 Å². The third-order valence-corrected chi connectivity index (χ3v) is 2.93. The van der Waals surface area contributed by atoms with E-state index in [0.29, 0.717) is 0 Å². The van der Waals surface area contributed by atoms with Gasteiger partial charge in [-0.15, -0.1) is 0 Å². The van der Waals surface area contributed by atoms with Crippen molar-refractivity contribution >= 4 is 11.6 Å². The molecule has 2 aromatic rings. The monoisotopic (exact) mass is 270 g/mol. The minimum atomic E-state index is -0.225. The number of ether oxygens (including phenoxy) is 1. The number of benzene rings is 2. The molecule has 104 valence electrons. The molecule has 4 heteroatoms. The number of para-hydroxylation sites is 2. The third-order valence-electron chi connectivity index (χ3n) is 2.93. The second-order valence-corrected chi connectivity index (χ2v) is 4.54. The number of hydrogen-bond acceptors (Lipinski definition) is 3. The number of carbonyl (C=O) groups is 1. The molecule has 0 aliphatic rings. The standard InChI is InChI=1S/C16H18N2O2/c1-12-7-3-5-9-14(12)17-18-16(19)11-20-15-10-6-4-8-13(15)2/h3-10,17H,11H2,1-2H3,(H,18,19). The highest BCUT2D eigenvalue weighted by molar-refractivity contribution is 5.79. The molecule has 0 spiro atoms. The van der Waals surface area contributed by atoms with E-state index in [9.17, 15) is 4.79 Å². The first-order valence-electron chi connectivity index (χ1n) is 6.46. The molecule has 0 fully saturated rings. The van der Waals surface area contributed by atoms with E-state index in [2.05, 4.69) is 10.9 Å². The van der Waals surface area contributed by atoms with E-state index in [0.717, 1.165) is 22.6 Å². The van der Waals surface area contributed by atoms with E-state index in [-0.39, 0.29) is 12.5 Å². The van der Waals surface area contributed by atoms with Gasteiger partial charge in [0.25, 0.3) is 5.91 Å². The summed E-state index contributed by atoms with van der Waals surface area (Å²) in [6, 6.07) is 15.3. The molecule has 0 unspecified atom stereocenters. The normalized spacial score (nSPS) is 9.90. The van der Waals surface area contributed by atoms with Gasteiger partial charge in [0.15, 0.2) is 6.61 Å². The Morgan fingerprint density at radius 2 is 1.65 bits per heavy atom. The fourth-order valence-electron chi connectivity index (χ4n) is 1.75. The zero-order chi connectivity index (χ0) is 14.4. The van der Waals surface area contributed by atoms with Crippen LogP contribution >= 0.6 is 0 Å². The summed E-state index contributed by atoms with van der Waals surface area (Å²) in [6.45, 7) is 3.89. The van der Waals surface area contributed by atoms with Gasteiger partial charge in [-0.3, -0.25) is 15.6 Å². The second kappa shape index (κ2) is 6.61. The van der Waals surface area contributed by atoms with Crippen molar-refractivity contribution in [1.82, 2.24) is 5.43 Å². The lowest BCUT2D eigenvalue weighted by Gasteiger charge is -2.12. The van der Waals surface area contributed by atoms with Crippen molar-refractivity contribution in [3.8, 4) is 5.75 Å². The maximum Gasteiger partial charge on any atom is 0.276 e. The van der Waals surface area contributed by atoms with Gasteiger partial charge >= 0.3 is 0 Å². The molecule has 0 radical (unpaired) electrons. The average Bonchev–Trinajstić information content (AvgIpc) is 2.45. The van der Waals surface area contributed by atoms with E-state index >= 15 is 0 Å². The Morgan fingerprint density at radius 3 is 2.35 bits per heavy atom. The van der Waals surface area contributed by atoms with Crippen LogP contribution in [0.1, 0.15) is 11.1 Å². The number of carbonyl (C=O) groups excluding carboxylic acids is 1. The van der Waals surface area contributed by atoms with Crippen LogP contribution in [0.5, 0.6) is 5.75 Å². The van der Waals surface area contributed by atoms with E-state index in [1.165, 1.54) is 0 Å². The van der Waals surface area contributed by atoms with Crippen LogP contribution in [-0.4, -0.2) is 12.5 Å². The molecule has 2 N–H and O–H groups in total. The van der Waals surface area contributed by atoms with Crippen LogP contribution in [0.3, 0.4) is 0 Å². The van der Waals surface area contributed by atoms with Crippen molar-refractivity contribution in [2.45, 2.75) is 13.8 Å². The molecule has 0 aliphatic carbocycles. The number of nitrogens with one attached hydrogen (secondary N) is 2. The number of rotatable bonds is 5. The lowest BCUT2D eigenvalue weighted by atomic mass is 10.2. The first kappa shape index (κ1) is 13.9. The molecule has 4 nitrogen and oxygen atoms in total. The Bertz CT molecular complexity index is 545. The maximum absolute atomic E-state index is 11.7. The first-order chi connectivity index (χ1) is 9.66. The van der Waals surface area contributed by atoms with Crippen LogP contribution in [0.4, 0.5) is 5.69 Å². The number of hydrogen-bond donors (Lipinski definition) is 2. The van der Waals surface area contributed by atoms with Crippen molar-refractivity contribution in [2.75, 3.05) is 12.0 Å². The highest BCUT2D eigenvalue weighted by Gasteiger charge is 2.04. The van der Waals surface area contributed by atoms with Crippen molar-refractivity contribution in [2.24, 2.45) is 0 Å². The van der Waals surface area contributed by atoms with Gasteiger partial charge in [0.1, 0.15) is 5.75 Å². The fraction of sp³-hybridized carbons (Fsp3) is 0.188. The van der Waals surface area contributed by atoms with E-state index < -0.39 is 0 Å². The SMILES string of the molecule is Cc1ccccc1NNC(=O)COc1ccccc1C. The maximum atomic E-state index is 11.7. The zero-order valence-electron chi connectivity index (χ0n) is 11.6. The van der Waals surface area contributed by atoms with Crippen LogP contribution in [0.25, 0.3) is 0 Å². The largest absolute Gasteiger partial charge is 0.483 e. The highest BCUT2D eigenvalue weighted by atomic mass is 16.5. The van der Waals surface area contributed by atoms with E-state index in [1.807, 2.05) is 62.4 Å². The van der Waals surface area contributed by atoms with Gasteiger partial charge in [0, 0.05) is 0 Å². The van der Waals surface area contributed by atoms with E-state index in [1.54, 1.807) is 0 Å². The van der Waals surface area contributed by atoms with Gasteiger partial charge in [-0.1, -0.05) is 36.4 Å². The van der Waals surface area contributed by atoms with Crippen LogP contribution in [0.2, 0.25) is 0 Å². The molecular formula is C16H18N2O2. The quantitative estimate of drug-likeness (QED) is 0.821. The topological polar surface area (TPSA) is 50.4 Å². The molecule has 0 bridgehead atoms. The zero-order valence-corrected chi connectivity index (χ0v) is 11.6. The van der Waals surface area contributed by atoms with Gasteiger partial charge in [-0.05, 0) is 37.1 Å². The molecular weight excluding hydrogens is 252 g/mol. The summed E-state index contributed by atoms with van der Waals surface area (Å²) in [4.78, 5) is 11.7. The van der Waals surface area contributed by atoms with Crippen molar-refractivity contribution in [3.63, 3.8) is 0 Å². The van der Waals surface area contributed by atoms with E-state index in [4.69, 9.17) is 4.74 Å². The second-order valence-electron chi connectivity index (χ2n) is 4.54. The predicted octanol–water partition coefficient (Wildman–Crippen LogP) is 2.83. The van der Waals surface area contributed by atoms with Gasteiger partial charge in [-0.25, -0.2) is 0 Å². The van der Waals surface area contributed by atoms with Crippen LogP contribution < -0.4 is 15.6 Å². The van der Waals surface area contributed by atoms with Crippen molar-refractivity contribution in [1.29, 1.82) is 0 Å². The first-order valence-corrected chi connectivity index (χ1v) is 6.46.